The molecule has 13 aromatic rings. The maximum Gasteiger partial charge on any atom is 0.119 e. The molecule has 0 aliphatic heterocycles. The lowest BCUT2D eigenvalue weighted by molar-refractivity contribution is 0.309. The van der Waals surface area contributed by atoms with Gasteiger partial charge in [0.1, 0.15) is 23.0 Å². The molecular formula is C82H80N2O4. The smallest absolute Gasteiger partial charge is 0.119 e. The molecule has 6 nitrogen and oxygen atoms in total. The summed E-state index contributed by atoms with van der Waals surface area (Å²) >= 11 is 0. The highest BCUT2D eigenvalue weighted by atomic mass is 16.5. The van der Waals surface area contributed by atoms with Gasteiger partial charge in [-0.25, -0.2) is 0 Å². The van der Waals surface area contributed by atoms with E-state index < -0.39 is 0 Å². The lowest BCUT2D eigenvalue weighted by Crippen LogP contribution is -2.13. The highest BCUT2D eigenvalue weighted by Gasteiger charge is 2.31. The van der Waals surface area contributed by atoms with Crippen LogP contribution in [0.3, 0.4) is 0 Å². The van der Waals surface area contributed by atoms with E-state index in [0.29, 0.717) is 26.4 Å². The van der Waals surface area contributed by atoms with Gasteiger partial charge in [0.15, 0.2) is 0 Å². The number of hydrogen-bond acceptors (Lipinski definition) is 6. The zero-order valence-electron chi connectivity index (χ0n) is 52.5. The summed E-state index contributed by atoms with van der Waals surface area (Å²) in [6, 6.07) is 72.4. The average molecular weight is 1160 g/mol. The van der Waals surface area contributed by atoms with Crippen LogP contribution in [0.2, 0.25) is 0 Å². The van der Waals surface area contributed by atoms with Crippen LogP contribution in [-0.4, -0.2) is 26.4 Å². The molecule has 0 atom stereocenters. The molecule has 0 spiro atoms. The molecule has 0 heterocycles. The van der Waals surface area contributed by atoms with E-state index >= 15 is 0 Å². The monoisotopic (exact) mass is 1160 g/mol. The van der Waals surface area contributed by atoms with Crippen molar-refractivity contribution in [1.82, 2.24) is 0 Å². The van der Waals surface area contributed by atoms with E-state index in [-0.39, 0.29) is 0 Å². The highest BCUT2D eigenvalue weighted by molar-refractivity contribution is 6.47. The highest BCUT2D eigenvalue weighted by Crippen LogP contribution is 2.58. The summed E-state index contributed by atoms with van der Waals surface area (Å²) in [6.45, 7) is 20.5. The standard InChI is InChI=1S/C82H80N2O4/c1-9-13-45-85-59-33-39-69(53(5)49-59)83(70-40-34-60(50-54(70)6)86-46-14-10-2)73-43-37-67-77-63(73)29-23-31-65(77)79-75(57-25-19-17-20-26-57)82-68-38-44-74(64-30-24-32-66(78(64)68)80(82)76(81(67)79)58-27-21-18-22-28-58)84(71-41-35-61(51-55(71)7)87-47-15-11-3)72-42-36-62(52-56(72)8)88-48-16-12-4/h17-44,49-52H,9-16,45-48H2,1-8H3. The first-order chi connectivity index (χ1) is 43.2. The van der Waals surface area contributed by atoms with Crippen molar-refractivity contribution in [2.24, 2.45) is 0 Å². The van der Waals surface area contributed by atoms with Crippen molar-refractivity contribution in [3.63, 3.8) is 0 Å². The fourth-order valence-corrected chi connectivity index (χ4v) is 13.6. The first kappa shape index (κ1) is 57.8. The summed E-state index contributed by atoms with van der Waals surface area (Å²) < 4.78 is 25.3. The molecule has 442 valence electrons. The Balaban J connectivity index is 1.09. The van der Waals surface area contributed by atoms with Gasteiger partial charge in [0.25, 0.3) is 0 Å². The van der Waals surface area contributed by atoms with Crippen LogP contribution >= 0.6 is 0 Å². The lowest BCUT2D eigenvalue weighted by Gasteiger charge is -2.30. The Kier molecular flexibility index (Phi) is 16.6. The quantitative estimate of drug-likeness (QED) is 0.0562. The van der Waals surface area contributed by atoms with Gasteiger partial charge in [0, 0.05) is 33.5 Å². The molecule has 6 heteroatoms. The fraction of sp³-hybridized carbons (Fsp3) is 0.244. The Morgan fingerprint density at radius 2 is 0.534 bits per heavy atom. The van der Waals surface area contributed by atoms with Gasteiger partial charge in [-0.05, 0) is 237 Å². The minimum absolute atomic E-state index is 0.696. The van der Waals surface area contributed by atoms with Crippen molar-refractivity contribution < 1.29 is 18.9 Å². The molecule has 13 aromatic carbocycles. The van der Waals surface area contributed by atoms with Gasteiger partial charge in [0.2, 0.25) is 0 Å². The molecular weight excluding hydrogens is 1080 g/mol. The first-order valence-electron chi connectivity index (χ1n) is 32.2. The molecule has 0 N–H and O–H groups in total. The molecule has 0 fully saturated rings. The third kappa shape index (κ3) is 10.5. The van der Waals surface area contributed by atoms with Crippen molar-refractivity contribution in [2.45, 2.75) is 107 Å². The van der Waals surface area contributed by atoms with Crippen LogP contribution in [-0.2, 0) is 0 Å². The number of fused-ring (bicyclic) bond motifs is 6. The van der Waals surface area contributed by atoms with Gasteiger partial charge >= 0.3 is 0 Å². The molecule has 88 heavy (non-hydrogen) atoms. The second-order valence-corrected chi connectivity index (χ2v) is 24.0. The summed E-state index contributed by atoms with van der Waals surface area (Å²) in [5, 5.41) is 14.9. The molecule has 0 aromatic heterocycles. The zero-order valence-corrected chi connectivity index (χ0v) is 52.5. The maximum absolute atomic E-state index is 6.32. The average Bonchev–Trinajstić information content (AvgIpc) is 1.53. The molecule has 0 saturated carbocycles. The van der Waals surface area contributed by atoms with Crippen LogP contribution in [0.5, 0.6) is 23.0 Å². The van der Waals surface area contributed by atoms with E-state index in [2.05, 4.69) is 259 Å². The molecule has 0 aliphatic rings. The maximum atomic E-state index is 6.32. The first-order valence-corrected chi connectivity index (χ1v) is 32.2. The van der Waals surface area contributed by atoms with Crippen molar-refractivity contribution in [2.75, 3.05) is 36.2 Å². The van der Waals surface area contributed by atoms with Gasteiger partial charge in [-0.1, -0.05) is 163 Å². The lowest BCUT2D eigenvalue weighted by atomic mass is 9.87. The summed E-state index contributed by atoms with van der Waals surface area (Å²) in [5.41, 5.74) is 16.1. The molecule has 0 radical (unpaired) electrons. The number of unbranched alkanes of at least 4 members (excludes halogenated alkanes) is 4. The van der Waals surface area contributed by atoms with Crippen LogP contribution in [0, 0.1) is 27.7 Å². The number of nitrogens with zero attached hydrogens (tertiary/aromatic N) is 2. The summed E-state index contributed by atoms with van der Waals surface area (Å²) in [7, 11) is 0. The van der Waals surface area contributed by atoms with Crippen LogP contribution < -0.4 is 28.7 Å². The number of benzene rings is 11. The third-order valence-corrected chi connectivity index (χ3v) is 17.9. The van der Waals surface area contributed by atoms with E-state index in [0.717, 1.165) is 131 Å². The summed E-state index contributed by atoms with van der Waals surface area (Å²) in [4.78, 5) is 4.95. The van der Waals surface area contributed by atoms with Gasteiger partial charge in [-0.2, -0.15) is 0 Å². The Hall–Kier alpha value is -9.26. The second kappa shape index (κ2) is 25.2. The molecule has 0 amide bonds. The van der Waals surface area contributed by atoms with E-state index in [9.17, 15) is 0 Å². The van der Waals surface area contributed by atoms with E-state index in [4.69, 9.17) is 18.9 Å². The minimum atomic E-state index is 0.696. The van der Waals surface area contributed by atoms with Gasteiger partial charge in [-0.3, -0.25) is 0 Å². The zero-order chi connectivity index (χ0) is 60.4. The van der Waals surface area contributed by atoms with Crippen molar-refractivity contribution in [1.29, 1.82) is 0 Å². The number of anilines is 6. The van der Waals surface area contributed by atoms with Gasteiger partial charge in [0.05, 0.1) is 37.8 Å². The minimum Gasteiger partial charge on any atom is -0.494 e. The van der Waals surface area contributed by atoms with Crippen LogP contribution in [0.25, 0.3) is 86.9 Å². The number of hydrogen-bond donors (Lipinski definition) is 0. The van der Waals surface area contributed by atoms with E-state index in [1.165, 1.54) is 86.9 Å². The Morgan fingerprint density at radius 1 is 0.261 bits per heavy atom. The molecule has 0 aliphatic carbocycles. The third-order valence-electron chi connectivity index (χ3n) is 17.9. The topological polar surface area (TPSA) is 43.4 Å². The van der Waals surface area contributed by atoms with Gasteiger partial charge in [-0.15, -0.1) is 0 Å². The normalized spacial score (nSPS) is 11.7. The molecule has 0 saturated heterocycles. The van der Waals surface area contributed by atoms with Crippen LogP contribution in [0.15, 0.2) is 194 Å². The number of aryl methyl sites for hydroxylation is 4. The number of rotatable bonds is 24. The second-order valence-electron chi connectivity index (χ2n) is 24.0. The van der Waals surface area contributed by atoms with E-state index in [1.807, 2.05) is 0 Å². The van der Waals surface area contributed by atoms with Crippen molar-refractivity contribution in [3.8, 4) is 45.3 Å². The predicted octanol–water partition coefficient (Wildman–Crippen LogP) is 23.7. The number of ether oxygens (including phenoxy) is 4. The van der Waals surface area contributed by atoms with Crippen LogP contribution in [0.1, 0.15) is 101 Å². The van der Waals surface area contributed by atoms with Gasteiger partial charge < -0.3 is 28.7 Å². The molecule has 13 rings (SSSR count). The van der Waals surface area contributed by atoms with E-state index in [1.54, 1.807) is 0 Å². The molecule has 0 bridgehead atoms. The Bertz CT molecular complexity index is 4160. The van der Waals surface area contributed by atoms with Crippen molar-refractivity contribution >= 4 is 98.8 Å². The Labute approximate surface area is 519 Å². The Morgan fingerprint density at radius 3 is 0.818 bits per heavy atom. The van der Waals surface area contributed by atoms with Crippen LogP contribution in [0.4, 0.5) is 34.1 Å². The summed E-state index contributed by atoms with van der Waals surface area (Å²) in [6.07, 6.45) is 8.40. The SMILES string of the molecule is CCCCOc1ccc(N(c2ccc(OCCCC)cc2C)c2ccc3c4c(-c5ccccc5)c5c6cccc7c(N(c8ccc(OCCCC)cc8C)c8ccc(OCCCC)cc8C)ccc(c5c(-c5ccccc5)c4c4cccc2c43)c76)c(C)c1. The largest absolute Gasteiger partial charge is 0.494 e. The molecule has 0 unspecified atom stereocenters. The fourth-order valence-electron chi connectivity index (χ4n) is 13.6. The summed E-state index contributed by atoms with van der Waals surface area (Å²) in [5.74, 6) is 3.57. The predicted molar refractivity (Wildman–Crippen MR) is 375 cm³/mol. The van der Waals surface area contributed by atoms with Crippen molar-refractivity contribution in [3.05, 3.63) is 216 Å².